The quantitative estimate of drug-likeness (QED) is 0.551. The number of piperazine rings is 1. The molecule has 5 fully saturated rings. The number of fused-ring (bicyclic) bond motifs is 1. The Balaban J connectivity index is 1.07. The fraction of sp³-hybridized carbons (Fsp3) is 0.567. The minimum atomic E-state index is -3.16. The number of rotatable bonds is 4. The van der Waals surface area contributed by atoms with Crippen LogP contribution in [0.2, 0.25) is 5.02 Å². The summed E-state index contributed by atoms with van der Waals surface area (Å²) in [5.74, 6) is 1.31. The largest absolute Gasteiger partial charge is 0.390 e. The Morgan fingerprint density at radius 2 is 1.56 bits per heavy atom. The molecule has 2 N–H and O–H groups in total. The van der Waals surface area contributed by atoms with Crippen LogP contribution in [-0.4, -0.2) is 81.0 Å². The van der Waals surface area contributed by atoms with Crippen LogP contribution in [0.3, 0.4) is 0 Å². The summed E-state index contributed by atoms with van der Waals surface area (Å²) in [7, 11) is -3.16. The van der Waals surface area contributed by atoms with Gasteiger partial charge in [0.25, 0.3) is 0 Å². The first kappa shape index (κ1) is 27.3. The average Bonchev–Trinajstić information content (AvgIpc) is 2.93. The smallest absolute Gasteiger partial charge is 0.322 e. The summed E-state index contributed by atoms with van der Waals surface area (Å²) in [6.07, 6.45) is 6.00. The van der Waals surface area contributed by atoms with E-state index in [2.05, 4.69) is 39.4 Å². The van der Waals surface area contributed by atoms with E-state index in [4.69, 9.17) is 11.6 Å². The molecule has 2 aromatic rings. The molecular weight excluding hydrogens is 562 g/mol. The molecule has 2 aliphatic heterocycles. The van der Waals surface area contributed by atoms with E-state index in [1.165, 1.54) is 10.6 Å². The highest BCUT2D eigenvalue weighted by Crippen LogP contribution is 2.55. The summed E-state index contributed by atoms with van der Waals surface area (Å²) in [5, 5.41) is 15.0. The Morgan fingerprint density at radius 1 is 0.902 bits per heavy atom. The number of amides is 2. The van der Waals surface area contributed by atoms with Crippen LogP contribution in [0.15, 0.2) is 42.5 Å². The number of carbonyl (C=O) groups excluding carboxylic acids is 1. The zero-order valence-electron chi connectivity index (χ0n) is 23.4. The standard InChI is InChI=1S/C30H38ClN5O4S/c1-41(39,40)34-10-8-33(9-11-34)24-3-5-25(6-4-24)35-12-13-36(26-7-2-23(31)16-27(26)35)29(37)32-28-21-14-20-15-22(28)19-30(38,17-20)18-21/h2-7,16,20-22,28,38H,8-15,17-19H2,1H3,(H,32,37). The number of nitrogens with one attached hydrogen (secondary N) is 1. The number of carbonyl (C=O) groups is 1. The van der Waals surface area contributed by atoms with Crippen molar-refractivity contribution < 1.29 is 18.3 Å². The molecule has 11 heteroatoms. The molecule has 2 heterocycles. The van der Waals surface area contributed by atoms with Crippen molar-refractivity contribution in [2.45, 2.75) is 43.7 Å². The predicted octanol–water partition coefficient (Wildman–Crippen LogP) is 4.03. The number of nitrogens with zero attached hydrogens (tertiary/aromatic N) is 4. The van der Waals surface area contributed by atoms with E-state index in [1.807, 2.05) is 23.1 Å². The van der Waals surface area contributed by atoms with E-state index in [0.29, 0.717) is 62.0 Å². The van der Waals surface area contributed by atoms with Crippen molar-refractivity contribution in [3.63, 3.8) is 0 Å². The van der Waals surface area contributed by atoms with Crippen LogP contribution < -0.4 is 20.0 Å². The van der Waals surface area contributed by atoms with E-state index >= 15 is 0 Å². The Morgan fingerprint density at radius 3 is 2.20 bits per heavy atom. The van der Waals surface area contributed by atoms with Gasteiger partial charge < -0.3 is 20.2 Å². The van der Waals surface area contributed by atoms with Crippen LogP contribution >= 0.6 is 11.6 Å². The first-order chi connectivity index (χ1) is 19.6. The van der Waals surface area contributed by atoms with Crippen LogP contribution in [0.25, 0.3) is 0 Å². The molecule has 4 aliphatic carbocycles. The molecule has 2 amide bonds. The molecule has 2 unspecified atom stereocenters. The van der Waals surface area contributed by atoms with Crippen molar-refractivity contribution >= 4 is 50.4 Å². The number of sulfonamides is 1. The number of urea groups is 1. The summed E-state index contributed by atoms with van der Waals surface area (Å²) < 4.78 is 25.3. The van der Waals surface area contributed by atoms with Crippen molar-refractivity contribution in [2.24, 2.45) is 17.8 Å². The minimum absolute atomic E-state index is 0.0683. The predicted molar refractivity (Wildman–Crippen MR) is 162 cm³/mol. The van der Waals surface area contributed by atoms with Crippen molar-refractivity contribution in [2.75, 3.05) is 60.2 Å². The third-order valence-electron chi connectivity index (χ3n) is 10.1. The lowest BCUT2D eigenvalue weighted by Crippen LogP contribution is -2.63. The maximum atomic E-state index is 13.7. The molecule has 41 heavy (non-hydrogen) atoms. The zero-order valence-corrected chi connectivity index (χ0v) is 24.9. The van der Waals surface area contributed by atoms with E-state index in [0.717, 1.165) is 54.9 Å². The van der Waals surface area contributed by atoms with Crippen LogP contribution in [-0.2, 0) is 10.0 Å². The maximum Gasteiger partial charge on any atom is 0.322 e. The van der Waals surface area contributed by atoms with Crippen molar-refractivity contribution in [3.8, 4) is 0 Å². The topological polar surface area (TPSA) is 96.4 Å². The fourth-order valence-electron chi connectivity index (χ4n) is 8.42. The molecule has 0 aromatic heterocycles. The molecule has 2 atom stereocenters. The average molecular weight is 600 g/mol. The molecule has 220 valence electrons. The maximum absolute atomic E-state index is 13.7. The van der Waals surface area contributed by atoms with E-state index < -0.39 is 15.6 Å². The van der Waals surface area contributed by atoms with E-state index in [1.54, 1.807) is 0 Å². The second-order valence-electron chi connectivity index (χ2n) is 12.8. The van der Waals surface area contributed by atoms with Crippen molar-refractivity contribution in [1.82, 2.24) is 9.62 Å². The van der Waals surface area contributed by atoms with Gasteiger partial charge in [-0.25, -0.2) is 13.2 Å². The van der Waals surface area contributed by atoms with Crippen LogP contribution in [0, 0.1) is 17.8 Å². The van der Waals surface area contributed by atoms with Gasteiger partial charge in [0.1, 0.15) is 0 Å². The van der Waals surface area contributed by atoms with Gasteiger partial charge >= 0.3 is 6.03 Å². The SMILES string of the molecule is CS(=O)(=O)N1CCN(c2ccc(N3CCN(C(=O)NC4C5CC6CC4CC(O)(C6)C5)c4ccc(Cl)cc43)cc2)CC1. The Kier molecular flexibility index (Phi) is 6.69. The highest BCUT2D eigenvalue weighted by Gasteiger charge is 2.55. The lowest BCUT2D eigenvalue weighted by molar-refractivity contribution is -0.136. The van der Waals surface area contributed by atoms with Crippen LogP contribution in [0.5, 0.6) is 0 Å². The molecule has 1 saturated heterocycles. The fourth-order valence-corrected chi connectivity index (χ4v) is 9.41. The lowest BCUT2D eigenvalue weighted by atomic mass is 9.52. The lowest BCUT2D eigenvalue weighted by Gasteiger charge is -2.58. The van der Waals surface area contributed by atoms with E-state index in [-0.39, 0.29) is 12.1 Å². The molecule has 4 saturated carbocycles. The molecule has 8 rings (SSSR count). The number of aliphatic hydroxyl groups is 1. The Hall–Kier alpha value is -2.53. The van der Waals surface area contributed by atoms with Gasteiger partial charge in [-0.2, -0.15) is 4.31 Å². The van der Waals surface area contributed by atoms with Gasteiger partial charge in [-0.1, -0.05) is 11.6 Å². The number of hydrogen-bond donors (Lipinski definition) is 2. The van der Waals surface area contributed by atoms with Gasteiger partial charge in [0.2, 0.25) is 10.0 Å². The van der Waals surface area contributed by atoms with Gasteiger partial charge in [-0.15, -0.1) is 0 Å². The van der Waals surface area contributed by atoms with Gasteiger partial charge in [-0.05, 0) is 92.3 Å². The summed E-state index contributed by atoms with van der Waals surface area (Å²) in [5.41, 5.74) is 3.29. The summed E-state index contributed by atoms with van der Waals surface area (Å²) in [6.45, 7) is 3.46. The van der Waals surface area contributed by atoms with Crippen molar-refractivity contribution in [1.29, 1.82) is 0 Å². The second kappa shape index (κ2) is 10.0. The first-order valence-corrected chi connectivity index (χ1v) is 17.0. The molecule has 0 radical (unpaired) electrons. The highest BCUT2D eigenvalue weighted by atomic mass is 35.5. The molecule has 6 aliphatic rings. The van der Waals surface area contributed by atoms with Gasteiger partial charge in [0.05, 0.1) is 23.2 Å². The molecular formula is C30H38ClN5O4S. The third-order valence-corrected chi connectivity index (χ3v) is 11.6. The van der Waals surface area contributed by atoms with E-state index in [9.17, 15) is 18.3 Å². The molecule has 4 bridgehead atoms. The number of anilines is 4. The van der Waals surface area contributed by atoms with Gasteiger partial charge in [0.15, 0.2) is 0 Å². The summed E-state index contributed by atoms with van der Waals surface area (Å²) in [4.78, 5) is 20.0. The summed E-state index contributed by atoms with van der Waals surface area (Å²) in [6, 6.07) is 14.1. The number of hydrogen-bond acceptors (Lipinski definition) is 6. The monoisotopic (exact) mass is 599 g/mol. The highest BCUT2D eigenvalue weighted by molar-refractivity contribution is 7.88. The molecule has 9 nitrogen and oxygen atoms in total. The normalized spacial score (nSPS) is 31.3. The number of benzene rings is 2. The van der Waals surface area contributed by atoms with Crippen LogP contribution in [0.4, 0.5) is 27.5 Å². The minimum Gasteiger partial charge on any atom is -0.390 e. The second-order valence-corrected chi connectivity index (χ2v) is 15.2. The van der Waals surface area contributed by atoms with Crippen molar-refractivity contribution in [3.05, 3.63) is 47.5 Å². The Labute approximate surface area is 247 Å². The number of halogens is 1. The van der Waals surface area contributed by atoms with Gasteiger partial charge in [-0.3, -0.25) is 4.90 Å². The van der Waals surface area contributed by atoms with Crippen LogP contribution in [0.1, 0.15) is 32.1 Å². The molecule has 0 spiro atoms. The molecule has 2 aromatic carbocycles. The first-order valence-electron chi connectivity index (χ1n) is 14.7. The van der Waals surface area contributed by atoms with Gasteiger partial charge in [0, 0.05) is 61.7 Å². The Bertz CT molecular complexity index is 1430. The zero-order chi connectivity index (χ0) is 28.5. The third kappa shape index (κ3) is 5.07. The summed E-state index contributed by atoms with van der Waals surface area (Å²) >= 11 is 6.46.